The van der Waals surface area contributed by atoms with Crippen molar-refractivity contribution in [2.24, 2.45) is 5.73 Å². The van der Waals surface area contributed by atoms with Crippen molar-refractivity contribution in [1.82, 2.24) is 0 Å². The summed E-state index contributed by atoms with van der Waals surface area (Å²) in [4.78, 5) is 0. The van der Waals surface area contributed by atoms with Gasteiger partial charge in [0, 0.05) is 5.56 Å². The van der Waals surface area contributed by atoms with Crippen molar-refractivity contribution in [3.63, 3.8) is 0 Å². The van der Waals surface area contributed by atoms with Crippen molar-refractivity contribution < 1.29 is 4.42 Å². The van der Waals surface area contributed by atoms with E-state index in [4.69, 9.17) is 10.2 Å². The molecule has 1 heterocycles. The van der Waals surface area contributed by atoms with E-state index in [1.807, 2.05) is 13.8 Å². The lowest BCUT2D eigenvalue weighted by Gasteiger charge is -2.14. The molecule has 2 nitrogen and oxygen atoms in total. The minimum Gasteiger partial charge on any atom is -0.466 e. The maximum atomic E-state index is 6.33. The van der Waals surface area contributed by atoms with Gasteiger partial charge in [-0.25, -0.2) is 0 Å². The molecule has 2 heteroatoms. The van der Waals surface area contributed by atoms with E-state index in [1.54, 1.807) is 0 Å². The Kier molecular flexibility index (Phi) is 3.49. The highest BCUT2D eigenvalue weighted by Crippen LogP contribution is 2.30. The van der Waals surface area contributed by atoms with Crippen LogP contribution in [0, 0.1) is 13.8 Å². The molecule has 2 N–H and O–H groups in total. The van der Waals surface area contributed by atoms with Crippen molar-refractivity contribution >= 4 is 0 Å². The Morgan fingerprint density at radius 2 is 2.06 bits per heavy atom. The van der Waals surface area contributed by atoms with Crippen LogP contribution in [0.5, 0.6) is 0 Å². The maximum Gasteiger partial charge on any atom is 0.106 e. The second-order valence-corrected chi connectivity index (χ2v) is 4.72. The average Bonchev–Trinajstić information content (AvgIpc) is 2.49. The number of hydrogen-bond acceptors (Lipinski definition) is 2. The van der Waals surface area contributed by atoms with Crippen LogP contribution < -0.4 is 5.73 Å². The standard InChI is InChI=1S/C14H21NO/c1-10-9-13(11(2)16-10)14(15)12-7-5-3-4-6-8-12/h7,9,14H,3-6,8,15H2,1-2H3. The van der Waals surface area contributed by atoms with E-state index in [2.05, 4.69) is 12.1 Å². The Bertz CT molecular complexity index is 389. The monoisotopic (exact) mass is 219 g/mol. The van der Waals surface area contributed by atoms with Gasteiger partial charge in [-0.1, -0.05) is 18.1 Å². The summed E-state index contributed by atoms with van der Waals surface area (Å²) in [5, 5.41) is 0. The van der Waals surface area contributed by atoms with Gasteiger partial charge in [0.25, 0.3) is 0 Å². The quantitative estimate of drug-likeness (QED) is 0.769. The average molecular weight is 219 g/mol. The first kappa shape index (κ1) is 11.5. The number of furan rings is 1. The van der Waals surface area contributed by atoms with Crippen molar-refractivity contribution in [3.05, 3.63) is 34.8 Å². The summed E-state index contributed by atoms with van der Waals surface area (Å²) in [6.45, 7) is 3.98. The van der Waals surface area contributed by atoms with Crippen LogP contribution in [0.1, 0.15) is 55.2 Å². The minimum atomic E-state index is 0.0375. The van der Waals surface area contributed by atoms with E-state index in [0.29, 0.717) is 0 Å². The van der Waals surface area contributed by atoms with E-state index in [-0.39, 0.29) is 6.04 Å². The van der Waals surface area contributed by atoms with Crippen LogP contribution >= 0.6 is 0 Å². The van der Waals surface area contributed by atoms with Gasteiger partial charge in [0.1, 0.15) is 11.5 Å². The lowest BCUT2D eigenvalue weighted by Crippen LogP contribution is -2.13. The predicted octanol–water partition coefficient (Wildman–Crippen LogP) is 3.79. The first-order chi connectivity index (χ1) is 7.68. The molecular weight excluding hydrogens is 198 g/mol. The van der Waals surface area contributed by atoms with Crippen LogP contribution in [-0.2, 0) is 0 Å². The molecule has 88 valence electrons. The van der Waals surface area contributed by atoms with Gasteiger partial charge in [0.15, 0.2) is 0 Å². The Labute approximate surface area is 97.5 Å². The predicted molar refractivity (Wildman–Crippen MR) is 66.3 cm³/mol. The van der Waals surface area contributed by atoms with E-state index >= 15 is 0 Å². The summed E-state index contributed by atoms with van der Waals surface area (Å²) in [5.74, 6) is 1.92. The zero-order valence-corrected chi connectivity index (χ0v) is 10.3. The number of rotatable bonds is 2. The lowest BCUT2D eigenvalue weighted by molar-refractivity contribution is 0.499. The number of nitrogens with two attached hydrogens (primary N) is 1. The topological polar surface area (TPSA) is 39.2 Å². The van der Waals surface area contributed by atoms with Crippen molar-refractivity contribution in [3.8, 4) is 0 Å². The van der Waals surface area contributed by atoms with Gasteiger partial charge >= 0.3 is 0 Å². The second-order valence-electron chi connectivity index (χ2n) is 4.72. The van der Waals surface area contributed by atoms with Gasteiger partial charge < -0.3 is 10.2 Å². The summed E-state index contributed by atoms with van der Waals surface area (Å²) < 4.78 is 5.55. The van der Waals surface area contributed by atoms with Crippen LogP contribution in [0.15, 0.2) is 22.1 Å². The smallest absolute Gasteiger partial charge is 0.106 e. The Morgan fingerprint density at radius 3 is 2.75 bits per heavy atom. The maximum absolute atomic E-state index is 6.33. The van der Waals surface area contributed by atoms with Gasteiger partial charge in [-0.05, 0) is 45.6 Å². The lowest BCUT2D eigenvalue weighted by atomic mass is 9.96. The number of aryl methyl sites for hydroxylation is 2. The molecule has 0 aliphatic heterocycles. The third-order valence-corrected chi connectivity index (χ3v) is 3.39. The molecule has 0 saturated carbocycles. The van der Waals surface area contributed by atoms with Crippen LogP contribution in [0.3, 0.4) is 0 Å². The number of allylic oxidation sites excluding steroid dienone is 1. The third kappa shape index (κ3) is 2.38. The van der Waals surface area contributed by atoms with Crippen molar-refractivity contribution in [2.45, 2.75) is 52.0 Å². The molecule has 0 amide bonds. The molecule has 0 aromatic carbocycles. The van der Waals surface area contributed by atoms with Crippen LogP contribution in [0.4, 0.5) is 0 Å². The molecule has 1 aromatic heterocycles. The van der Waals surface area contributed by atoms with Crippen molar-refractivity contribution in [1.29, 1.82) is 0 Å². The fraction of sp³-hybridized carbons (Fsp3) is 0.571. The summed E-state index contributed by atoms with van der Waals surface area (Å²) in [5.41, 5.74) is 8.87. The molecule has 16 heavy (non-hydrogen) atoms. The van der Waals surface area contributed by atoms with E-state index in [1.165, 1.54) is 31.3 Å². The molecule has 1 aromatic rings. The van der Waals surface area contributed by atoms with Crippen molar-refractivity contribution in [2.75, 3.05) is 0 Å². The largest absolute Gasteiger partial charge is 0.466 e. The molecule has 1 aliphatic rings. The highest BCUT2D eigenvalue weighted by molar-refractivity contribution is 5.31. The van der Waals surface area contributed by atoms with E-state index < -0.39 is 0 Å². The third-order valence-electron chi connectivity index (χ3n) is 3.39. The van der Waals surface area contributed by atoms with Gasteiger partial charge in [0.05, 0.1) is 6.04 Å². The second kappa shape index (κ2) is 4.88. The summed E-state index contributed by atoms with van der Waals surface area (Å²) in [7, 11) is 0. The molecule has 0 fully saturated rings. The SMILES string of the molecule is Cc1cc(C(N)C2=CCCCCC2)c(C)o1. The van der Waals surface area contributed by atoms with Gasteiger partial charge in [-0.2, -0.15) is 0 Å². The molecule has 0 radical (unpaired) electrons. The summed E-state index contributed by atoms with van der Waals surface area (Å²) >= 11 is 0. The van der Waals surface area contributed by atoms with Gasteiger partial charge in [-0.15, -0.1) is 0 Å². The Hall–Kier alpha value is -1.02. The fourth-order valence-electron chi connectivity index (χ4n) is 2.48. The molecule has 0 bridgehead atoms. The molecule has 1 atom stereocenters. The van der Waals surface area contributed by atoms with Crippen LogP contribution in [0.25, 0.3) is 0 Å². The van der Waals surface area contributed by atoms with E-state index in [9.17, 15) is 0 Å². The molecule has 1 aliphatic carbocycles. The van der Waals surface area contributed by atoms with Crippen LogP contribution in [-0.4, -0.2) is 0 Å². The molecule has 2 rings (SSSR count). The minimum absolute atomic E-state index is 0.0375. The molecule has 0 saturated heterocycles. The highest BCUT2D eigenvalue weighted by Gasteiger charge is 2.17. The normalized spacial score (nSPS) is 19.1. The Balaban J connectivity index is 2.20. The molecular formula is C14H21NO. The Morgan fingerprint density at radius 1 is 1.25 bits per heavy atom. The fourth-order valence-corrected chi connectivity index (χ4v) is 2.48. The summed E-state index contributed by atoms with van der Waals surface area (Å²) in [6.07, 6.45) is 8.56. The zero-order valence-electron chi connectivity index (χ0n) is 10.3. The number of hydrogen-bond donors (Lipinski definition) is 1. The summed E-state index contributed by atoms with van der Waals surface area (Å²) in [6, 6.07) is 2.11. The van der Waals surface area contributed by atoms with Crippen LogP contribution in [0.2, 0.25) is 0 Å². The van der Waals surface area contributed by atoms with Gasteiger partial charge in [-0.3, -0.25) is 0 Å². The molecule has 0 spiro atoms. The van der Waals surface area contributed by atoms with Gasteiger partial charge in [0.2, 0.25) is 0 Å². The molecule has 1 unspecified atom stereocenters. The zero-order chi connectivity index (χ0) is 11.5. The first-order valence-electron chi connectivity index (χ1n) is 6.20. The highest BCUT2D eigenvalue weighted by atomic mass is 16.3. The first-order valence-corrected chi connectivity index (χ1v) is 6.20. The van der Waals surface area contributed by atoms with E-state index in [0.717, 1.165) is 23.5 Å².